The van der Waals surface area contributed by atoms with Gasteiger partial charge in [0.05, 0.1) is 5.25 Å². The van der Waals surface area contributed by atoms with Crippen molar-refractivity contribution in [1.82, 2.24) is 25.8 Å². The molecule has 1 heterocycles. The Kier molecular flexibility index (Phi) is 11.0. The van der Waals surface area contributed by atoms with E-state index in [1.165, 1.54) is 25.9 Å². The summed E-state index contributed by atoms with van der Waals surface area (Å²) < 4.78 is 0. The molecule has 0 aromatic rings. The van der Waals surface area contributed by atoms with Crippen molar-refractivity contribution < 1.29 is 28.8 Å². The van der Waals surface area contributed by atoms with Gasteiger partial charge in [-0.25, -0.2) is 4.79 Å². The van der Waals surface area contributed by atoms with E-state index in [2.05, 4.69) is 16.0 Å². The number of carbonyl (C=O) groups excluding carboxylic acids is 6. The van der Waals surface area contributed by atoms with Crippen LogP contribution in [0.1, 0.15) is 67.7 Å². The van der Waals surface area contributed by atoms with E-state index in [0.717, 1.165) is 16.7 Å². The zero-order valence-corrected chi connectivity index (χ0v) is 23.6. The lowest BCUT2D eigenvalue weighted by Gasteiger charge is -2.31. The fraction of sp³-hybridized carbons (Fsp3) is 0.750. The molecule has 1 aliphatic heterocycles. The van der Waals surface area contributed by atoms with Gasteiger partial charge in [-0.3, -0.25) is 28.9 Å². The normalized spacial score (nSPS) is 17.9. The van der Waals surface area contributed by atoms with E-state index in [4.69, 9.17) is 0 Å². The van der Waals surface area contributed by atoms with Crippen molar-refractivity contribution in [3.63, 3.8) is 0 Å². The van der Waals surface area contributed by atoms with Crippen LogP contribution in [0.25, 0.3) is 0 Å². The molecule has 0 saturated carbocycles. The number of amides is 6. The van der Waals surface area contributed by atoms with E-state index in [0.29, 0.717) is 12.8 Å². The number of nitrogens with zero attached hydrogens (tertiary/aromatic N) is 2. The van der Waals surface area contributed by atoms with Gasteiger partial charge >= 0.3 is 6.03 Å². The minimum Gasteiger partial charge on any atom is -0.357 e. The molecular formula is C24H41N5O6S. The van der Waals surface area contributed by atoms with Gasteiger partial charge in [-0.1, -0.05) is 45.9 Å². The van der Waals surface area contributed by atoms with Gasteiger partial charge < -0.3 is 20.9 Å². The zero-order valence-electron chi connectivity index (χ0n) is 22.8. The molecular weight excluding hydrogens is 486 g/mol. The summed E-state index contributed by atoms with van der Waals surface area (Å²) in [4.78, 5) is 78.0. The molecule has 1 aliphatic rings. The van der Waals surface area contributed by atoms with Crippen molar-refractivity contribution in [2.24, 2.45) is 5.41 Å². The Labute approximate surface area is 217 Å². The molecule has 0 radical (unpaired) electrons. The summed E-state index contributed by atoms with van der Waals surface area (Å²) in [6.45, 7) is 11.9. The second-order valence-electron chi connectivity index (χ2n) is 10.5. The minimum absolute atomic E-state index is 0.0425. The SMILES string of the molecule is CCC[C@H](NC(=O)C(CCN1C(=O)N(C)C(C)(C)C1=O)SC(C)=O)C(=O)N[C@H](C(=O)NC)C(C)(C)C. The molecule has 0 aromatic heterocycles. The highest BCUT2D eigenvalue weighted by Crippen LogP contribution is 2.27. The van der Waals surface area contributed by atoms with Gasteiger partial charge in [0.1, 0.15) is 17.6 Å². The van der Waals surface area contributed by atoms with Gasteiger partial charge in [-0.15, -0.1) is 0 Å². The smallest absolute Gasteiger partial charge is 0.327 e. The van der Waals surface area contributed by atoms with E-state index in [1.54, 1.807) is 13.8 Å². The third-order valence-electron chi connectivity index (χ3n) is 6.21. The predicted molar refractivity (Wildman–Crippen MR) is 138 cm³/mol. The van der Waals surface area contributed by atoms with Crippen LogP contribution < -0.4 is 16.0 Å². The van der Waals surface area contributed by atoms with Gasteiger partial charge in [0.25, 0.3) is 5.91 Å². The predicted octanol–water partition coefficient (Wildman–Crippen LogP) is 1.26. The topological polar surface area (TPSA) is 145 Å². The van der Waals surface area contributed by atoms with Gasteiger partial charge in [-0.05, 0) is 32.1 Å². The Morgan fingerprint density at radius 2 is 1.58 bits per heavy atom. The first-order valence-electron chi connectivity index (χ1n) is 12.1. The monoisotopic (exact) mass is 527 g/mol. The Bertz CT molecular complexity index is 885. The maximum atomic E-state index is 13.2. The number of hydrogen-bond donors (Lipinski definition) is 3. The summed E-state index contributed by atoms with van der Waals surface area (Å²) in [5, 5.41) is 6.76. The van der Waals surface area contributed by atoms with E-state index in [-0.39, 0.29) is 29.9 Å². The number of imide groups is 1. The zero-order chi connectivity index (χ0) is 28.0. The fourth-order valence-electron chi connectivity index (χ4n) is 3.75. The lowest BCUT2D eigenvalue weighted by atomic mass is 9.86. The molecule has 0 spiro atoms. The average Bonchev–Trinajstić information content (AvgIpc) is 2.92. The van der Waals surface area contributed by atoms with Crippen LogP contribution in [-0.4, -0.2) is 88.1 Å². The van der Waals surface area contributed by atoms with Crippen molar-refractivity contribution in [1.29, 1.82) is 0 Å². The molecule has 3 N–H and O–H groups in total. The standard InChI is InChI=1S/C24H41N5O6S/c1-10-11-15(18(31)27-17(20(33)25-8)23(3,4)5)26-19(32)16(36-14(2)30)12-13-29-21(34)24(6,7)28(9)22(29)35/h15-17H,10-13H2,1-9H3,(H,25,33)(H,26,32)(H,27,31)/t15-,16?,17+/m0/s1. The van der Waals surface area contributed by atoms with Gasteiger partial charge in [0.2, 0.25) is 17.7 Å². The van der Waals surface area contributed by atoms with Crippen molar-refractivity contribution >= 4 is 46.5 Å². The summed E-state index contributed by atoms with van der Waals surface area (Å²) >= 11 is 0.783. The molecule has 0 bridgehead atoms. The highest BCUT2D eigenvalue weighted by Gasteiger charge is 2.49. The van der Waals surface area contributed by atoms with Crippen LogP contribution >= 0.6 is 11.8 Å². The van der Waals surface area contributed by atoms with E-state index in [9.17, 15) is 28.8 Å². The Hall–Kier alpha value is -2.63. The quantitative estimate of drug-likeness (QED) is 0.343. The average molecular weight is 528 g/mol. The maximum absolute atomic E-state index is 13.2. The van der Waals surface area contributed by atoms with Crippen LogP contribution in [0.3, 0.4) is 0 Å². The first-order valence-corrected chi connectivity index (χ1v) is 13.0. The number of likely N-dealkylation sites (N-methyl/N-ethyl adjacent to an activating group) is 2. The number of thioether (sulfide) groups is 1. The summed E-state index contributed by atoms with van der Waals surface area (Å²) in [6.07, 6.45) is 0.948. The highest BCUT2D eigenvalue weighted by molar-refractivity contribution is 8.14. The second-order valence-corrected chi connectivity index (χ2v) is 11.9. The minimum atomic E-state index is -0.999. The molecule has 36 heavy (non-hydrogen) atoms. The molecule has 3 atom stereocenters. The Balaban J connectivity index is 3.02. The van der Waals surface area contributed by atoms with Crippen LogP contribution in [0.2, 0.25) is 0 Å². The molecule has 6 amide bonds. The fourth-order valence-corrected chi connectivity index (χ4v) is 4.55. The lowest BCUT2D eigenvalue weighted by molar-refractivity contribution is -0.134. The van der Waals surface area contributed by atoms with Crippen molar-refractivity contribution in [3.05, 3.63) is 0 Å². The Morgan fingerprint density at radius 1 is 1.00 bits per heavy atom. The third kappa shape index (κ3) is 7.68. The molecule has 11 nitrogen and oxygen atoms in total. The van der Waals surface area contributed by atoms with Crippen LogP contribution in [0.5, 0.6) is 0 Å². The van der Waals surface area contributed by atoms with Gasteiger partial charge in [-0.2, -0.15) is 0 Å². The molecule has 0 aromatic carbocycles. The summed E-state index contributed by atoms with van der Waals surface area (Å²) in [5.74, 6) is -1.79. The van der Waals surface area contributed by atoms with Crippen LogP contribution in [0, 0.1) is 5.41 Å². The largest absolute Gasteiger partial charge is 0.357 e. The van der Waals surface area contributed by atoms with Crippen molar-refractivity contribution in [3.8, 4) is 0 Å². The van der Waals surface area contributed by atoms with Gasteiger partial charge in [0.15, 0.2) is 5.12 Å². The molecule has 1 fully saturated rings. The van der Waals surface area contributed by atoms with E-state index < -0.39 is 46.1 Å². The molecule has 0 aliphatic carbocycles. The number of carbonyl (C=O) groups is 6. The summed E-state index contributed by atoms with van der Waals surface area (Å²) in [5.41, 5.74) is -1.57. The van der Waals surface area contributed by atoms with E-state index in [1.807, 2.05) is 27.7 Å². The number of rotatable bonds is 11. The molecule has 1 rings (SSSR count). The summed E-state index contributed by atoms with van der Waals surface area (Å²) in [7, 11) is 3.02. The number of hydrogen-bond acceptors (Lipinski definition) is 7. The molecule has 204 valence electrons. The Morgan fingerprint density at radius 3 is 2.00 bits per heavy atom. The van der Waals surface area contributed by atoms with Crippen LogP contribution in [-0.2, 0) is 24.0 Å². The van der Waals surface area contributed by atoms with Crippen LogP contribution in [0.15, 0.2) is 0 Å². The van der Waals surface area contributed by atoms with Crippen molar-refractivity contribution in [2.45, 2.75) is 90.6 Å². The number of nitrogens with one attached hydrogen (secondary N) is 3. The lowest BCUT2D eigenvalue weighted by Crippen LogP contribution is -2.58. The maximum Gasteiger partial charge on any atom is 0.327 e. The second kappa shape index (κ2) is 12.6. The van der Waals surface area contributed by atoms with Crippen molar-refractivity contribution in [2.75, 3.05) is 20.6 Å². The first kappa shape index (κ1) is 31.4. The summed E-state index contributed by atoms with van der Waals surface area (Å²) in [6, 6.07) is -2.21. The first-order chi connectivity index (χ1) is 16.5. The number of urea groups is 1. The highest BCUT2D eigenvalue weighted by atomic mass is 32.2. The van der Waals surface area contributed by atoms with E-state index >= 15 is 0 Å². The molecule has 1 unspecified atom stereocenters. The van der Waals surface area contributed by atoms with Crippen LogP contribution in [0.4, 0.5) is 4.79 Å². The molecule has 1 saturated heterocycles. The third-order valence-corrected chi connectivity index (χ3v) is 7.28. The molecule has 12 heteroatoms. The van der Waals surface area contributed by atoms with Gasteiger partial charge in [0, 0.05) is 27.6 Å².